The Balaban J connectivity index is 1.77. The highest BCUT2D eigenvalue weighted by Gasteiger charge is 2.25. The van der Waals surface area contributed by atoms with Crippen LogP contribution in [-0.4, -0.2) is 41.9 Å². The van der Waals surface area contributed by atoms with Crippen LogP contribution in [0.5, 0.6) is 0 Å². The number of nitrogens with zero attached hydrogens (tertiary/aromatic N) is 2. The van der Waals surface area contributed by atoms with Crippen molar-refractivity contribution in [1.82, 2.24) is 15.1 Å². The van der Waals surface area contributed by atoms with E-state index >= 15 is 0 Å². The van der Waals surface area contributed by atoms with E-state index in [1.807, 2.05) is 25.1 Å². The Morgan fingerprint density at radius 3 is 2.96 bits per heavy atom. The molecule has 0 atom stereocenters. The third-order valence-corrected chi connectivity index (χ3v) is 5.02. The molecule has 1 aliphatic heterocycles. The van der Waals surface area contributed by atoms with E-state index in [1.54, 1.807) is 29.6 Å². The molecular weight excluding hydrogens is 352 g/mol. The van der Waals surface area contributed by atoms with Gasteiger partial charge in [-0.25, -0.2) is 4.68 Å². The molecule has 138 valence electrons. The third kappa shape index (κ3) is 4.25. The predicted octanol–water partition coefficient (Wildman–Crippen LogP) is 1.95. The van der Waals surface area contributed by atoms with Crippen LogP contribution in [0.3, 0.4) is 0 Å². The van der Waals surface area contributed by atoms with Gasteiger partial charge in [0.05, 0.1) is 12.3 Å². The first-order valence-corrected chi connectivity index (χ1v) is 9.54. The van der Waals surface area contributed by atoms with E-state index in [0.29, 0.717) is 24.5 Å². The van der Waals surface area contributed by atoms with E-state index in [-0.39, 0.29) is 18.4 Å². The summed E-state index contributed by atoms with van der Waals surface area (Å²) in [7, 11) is 1.58. The van der Waals surface area contributed by atoms with Gasteiger partial charge in [0.15, 0.2) is 0 Å². The number of aromatic nitrogens is 2. The Morgan fingerprint density at radius 1 is 1.35 bits per heavy atom. The van der Waals surface area contributed by atoms with Crippen molar-refractivity contribution >= 4 is 29.4 Å². The molecule has 1 aliphatic rings. The van der Waals surface area contributed by atoms with Gasteiger partial charge in [-0.3, -0.25) is 9.59 Å². The Labute approximate surface area is 156 Å². The van der Waals surface area contributed by atoms with Crippen molar-refractivity contribution in [2.24, 2.45) is 0 Å². The summed E-state index contributed by atoms with van der Waals surface area (Å²) in [5, 5.41) is 10.2. The molecule has 2 amide bonds. The van der Waals surface area contributed by atoms with Crippen LogP contribution in [0.4, 0.5) is 5.82 Å². The van der Waals surface area contributed by atoms with Gasteiger partial charge in [0.2, 0.25) is 5.91 Å². The van der Waals surface area contributed by atoms with Crippen LogP contribution in [0.15, 0.2) is 24.3 Å². The van der Waals surface area contributed by atoms with Crippen molar-refractivity contribution in [2.75, 3.05) is 25.6 Å². The smallest absolute Gasteiger partial charge is 0.256 e. The number of fused-ring (bicyclic) bond motifs is 1. The van der Waals surface area contributed by atoms with Gasteiger partial charge >= 0.3 is 0 Å². The Bertz CT molecular complexity index is 819. The fourth-order valence-corrected chi connectivity index (χ4v) is 3.81. The van der Waals surface area contributed by atoms with Crippen molar-refractivity contribution < 1.29 is 14.3 Å². The first-order chi connectivity index (χ1) is 12.6. The molecule has 0 bridgehead atoms. The zero-order valence-corrected chi connectivity index (χ0v) is 15.7. The third-order valence-electron chi connectivity index (χ3n) is 4.05. The standard InChI is InChI=1S/C18H22N4O3S/c1-12-4-3-5-13(8-12)18(24)20-17-14-10-26-11-15(14)21-22(17)9-16(23)19-6-7-25-2/h3-5,8H,6-7,9-11H2,1-2H3,(H,19,23)(H,20,24). The van der Waals surface area contributed by atoms with Crippen molar-refractivity contribution in [3.63, 3.8) is 0 Å². The number of methoxy groups -OCH3 is 1. The summed E-state index contributed by atoms with van der Waals surface area (Å²) in [6, 6.07) is 7.41. The van der Waals surface area contributed by atoms with Gasteiger partial charge in [-0.1, -0.05) is 17.7 Å². The summed E-state index contributed by atoms with van der Waals surface area (Å²) in [4.78, 5) is 24.8. The number of carbonyl (C=O) groups is 2. The van der Waals surface area contributed by atoms with Gasteiger partial charge in [0.25, 0.3) is 5.91 Å². The fraction of sp³-hybridized carbons (Fsp3) is 0.389. The summed E-state index contributed by atoms with van der Waals surface area (Å²) in [6.45, 7) is 2.90. The Morgan fingerprint density at radius 2 is 2.19 bits per heavy atom. The predicted molar refractivity (Wildman–Crippen MR) is 101 cm³/mol. The molecule has 1 aromatic carbocycles. The second-order valence-electron chi connectivity index (χ2n) is 6.09. The van der Waals surface area contributed by atoms with Gasteiger partial charge in [-0.2, -0.15) is 16.9 Å². The molecule has 3 rings (SSSR count). The quantitative estimate of drug-likeness (QED) is 0.724. The largest absolute Gasteiger partial charge is 0.383 e. The molecule has 2 aromatic rings. The summed E-state index contributed by atoms with van der Waals surface area (Å²) < 4.78 is 6.51. The van der Waals surface area contributed by atoms with Crippen LogP contribution in [0.2, 0.25) is 0 Å². The number of rotatable bonds is 7. The van der Waals surface area contributed by atoms with Gasteiger partial charge in [0, 0.05) is 36.3 Å². The minimum Gasteiger partial charge on any atom is -0.383 e. The second kappa shape index (κ2) is 8.37. The molecule has 0 unspecified atom stereocenters. The highest BCUT2D eigenvalue weighted by molar-refractivity contribution is 7.98. The number of aryl methyl sites for hydroxylation is 1. The summed E-state index contributed by atoms with van der Waals surface area (Å²) in [6.07, 6.45) is 0. The monoisotopic (exact) mass is 374 g/mol. The van der Waals surface area contributed by atoms with Gasteiger partial charge in [-0.15, -0.1) is 0 Å². The molecule has 0 spiro atoms. The minimum atomic E-state index is -0.200. The normalized spacial score (nSPS) is 12.7. The lowest BCUT2D eigenvalue weighted by molar-refractivity contribution is -0.122. The number of anilines is 1. The van der Waals surface area contributed by atoms with E-state index in [0.717, 1.165) is 28.3 Å². The van der Waals surface area contributed by atoms with E-state index in [4.69, 9.17) is 4.74 Å². The SMILES string of the molecule is COCCNC(=O)Cn1nc2c(c1NC(=O)c1cccc(C)c1)CSC2. The number of hydrogen-bond donors (Lipinski definition) is 2. The maximum absolute atomic E-state index is 12.6. The van der Waals surface area contributed by atoms with Crippen LogP contribution in [-0.2, 0) is 27.6 Å². The van der Waals surface area contributed by atoms with Crippen LogP contribution in [0.25, 0.3) is 0 Å². The van der Waals surface area contributed by atoms with Crippen molar-refractivity contribution in [3.8, 4) is 0 Å². The van der Waals surface area contributed by atoms with Gasteiger partial charge in [-0.05, 0) is 19.1 Å². The van der Waals surface area contributed by atoms with Crippen LogP contribution in [0.1, 0.15) is 27.2 Å². The lowest BCUT2D eigenvalue weighted by Gasteiger charge is -2.11. The van der Waals surface area contributed by atoms with Crippen LogP contribution < -0.4 is 10.6 Å². The molecule has 0 saturated carbocycles. The first-order valence-electron chi connectivity index (χ1n) is 8.38. The van der Waals surface area contributed by atoms with E-state index in [1.165, 1.54) is 0 Å². The van der Waals surface area contributed by atoms with Crippen molar-refractivity contribution in [3.05, 3.63) is 46.6 Å². The molecule has 26 heavy (non-hydrogen) atoms. The maximum atomic E-state index is 12.6. The Kier molecular flexibility index (Phi) is 5.95. The first kappa shape index (κ1) is 18.5. The average Bonchev–Trinajstić information content (AvgIpc) is 3.18. The number of amides is 2. The minimum absolute atomic E-state index is 0.0603. The summed E-state index contributed by atoms with van der Waals surface area (Å²) in [5.74, 6) is 1.82. The molecule has 2 heterocycles. The van der Waals surface area contributed by atoms with Gasteiger partial charge < -0.3 is 15.4 Å². The topological polar surface area (TPSA) is 85.2 Å². The molecule has 0 radical (unpaired) electrons. The molecule has 0 saturated heterocycles. The zero-order valence-electron chi connectivity index (χ0n) is 14.9. The van der Waals surface area contributed by atoms with Crippen LogP contribution >= 0.6 is 11.8 Å². The zero-order chi connectivity index (χ0) is 18.5. The maximum Gasteiger partial charge on any atom is 0.256 e. The number of carbonyl (C=O) groups excluding carboxylic acids is 2. The lowest BCUT2D eigenvalue weighted by Crippen LogP contribution is -2.31. The highest BCUT2D eigenvalue weighted by Crippen LogP contribution is 2.34. The molecular formula is C18H22N4O3S. The second-order valence-corrected chi connectivity index (χ2v) is 7.08. The number of benzene rings is 1. The van der Waals surface area contributed by atoms with Crippen molar-refractivity contribution in [2.45, 2.75) is 25.0 Å². The fourth-order valence-electron chi connectivity index (χ4n) is 2.77. The Hall–Kier alpha value is -2.32. The summed E-state index contributed by atoms with van der Waals surface area (Å²) >= 11 is 1.75. The number of nitrogens with one attached hydrogen (secondary N) is 2. The van der Waals surface area contributed by atoms with Crippen LogP contribution in [0, 0.1) is 6.92 Å². The lowest BCUT2D eigenvalue weighted by atomic mass is 10.1. The van der Waals surface area contributed by atoms with Gasteiger partial charge in [0.1, 0.15) is 12.4 Å². The number of hydrogen-bond acceptors (Lipinski definition) is 5. The molecule has 0 aliphatic carbocycles. The van der Waals surface area contributed by atoms with Crippen molar-refractivity contribution in [1.29, 1.82) is 0 Å². The molecule has 1 aromatic heterocycles. The molecule has 0 fully saturated rings. The highest BCUT2D eigenvalue weighted by atomic mass is 32.2. The van der Waals surface area contributed by atoms with E-state index < -0.39 is 0 Å². The van der Waals surface area contributed by atoms with E-state index in [2.05, 4.69) is 15.7 Å². The number of ether oxygens (including phenoxy) is 1. The summed E-state index contributed by atoms with van der Waals surface area (Å²) in [5.41, 5.74) is 3.53. The molecule has 8 heteroatoms. The number of thioether (sulfide) groups is 1. The molecule has 7 nitrogen and oxygen atoms in total. The molecule has 2 N–H and O–H groups in total. The average molecular weight is 374 g/mol. The van der Waals surface area contributed by atoms with E-state index in [9.17, 15) is 9.59 Å².